The highest BCUT2D eigenvalue weighted by atomic mass is 16.6. The molecule has 126 valence electrons. The second-order valence-electron chi connectivity index (χ2n) is 6.24. The van der Waals surface area contributed by atoms with Crippen LogP contribution < -0.4 is 10.1 Å². The first-order chi connectivity index (χ1) is 11.0. The Kier molecular flexibility index (Phi) is 5.96. The first-order valence-corrected chi connectivity index (χ1v) is 8.17. The van der Waals surface area contributed by atoms with E-state index in [0.717, 1.165) is 18.4 Å². The first-order valence-electron chi connectivity index (χ1n) is 8.17. The predicted octanol–water partition coefficient (Wildman–Crippen LogP) is 3.37. The maximum absolute atomic E-state index is 12.1. The zero-order chi connectivity index (χ0) is 16.8. The molecule has 1 amide bonds. The molecule has 1 aromatic carbocycles. The first kappa shape index (κ1) is 17.2. The largest absolute Gasteiger partial charge is 0.474 e. The molecule has 1 fully saturated rings. The molecule has 1 aliphatic rings. The average Bonchev–Trinajstić information content (AvgIpc) is 2.55. The molecule has 0 aliphatic heterocycles. The summed E-state index contributed by atoms with van der Waals surface area (Å²) in [7, 11) is 0. The quantitative estimate of drug-likeness (QED) is 0.643. The van der Waals surface area contributed by atoms with Crippen molar-refractivity contribution in [2.45, 2.75) is 52.1 Å². The molecule has 6 nitrogen and oxygen atoms in total. The normalized spacial score (nSPS) is 16.6. The summed E-state index contributed by atoms with van der Waals surface area (Å²) < 4.78 is 5.51. The molecule has 1 saturated carbocycles. The van der Waals surface area contributed by atoms with Crippen molar-refractivity contribution in [3.05, 3.63) is 33.9 Å². The molecule has 0 heterocycles. The van der Waals surface area contributed by atoms with E-state index in [4.69, 9.17) is 4.74 Å². The van der Waals surface area contributed by atoms with Gasteiger partial charge in [-0.2, -0.15) is 0 Å². The van der Waals surface area contributed by atoms with Gasteiger partial charge in [-0.05, 0) is 44.2 Å². The highest BCUT2D eigenvalue weighted by molar-refractivity contribution is 5.80. The van der Waals surface area contributed by atoms with Gasteiger partial charge in [0.25, 0.3) is 5.91 Å². The lowest BCUT2D eigenvalue weighted by Gasteiger charge is -2.22. The van der Waals surface area contributed by atoms with Gasteiger partial charge in [0.05, 0.1) is 4.92 Å². The van der Waals surface area contributed by atoms with E-state index < -0.39 is 11.0 Å². The van der Waals surface area contributed by atoms with Crippen LogP contribution in [0.2, 0.25) is 0 Å². The van der Waals surface area contributed by atoms with E-state index >= 15 is 0 Å². The lowest BCUT2D eigenvalue weighted by molar-refractivity contribution is -0.386. The van der Waals surface area contributed by atoms with E-state index in [2.05, 4.69) is 5.32 Å². The SMILES string of the molecule is Cc1ccc(O[C@H](C)C(=O)NCC2CCCCC2)c([N+](=O)[O-])c1. The van der Waals surface area contributed by atoms with Crippen molar-refractivity contribution in [3.63, 3.8) is 0 Å². The van der Waals surface area contributed by atoms with Crippen LogP contribution in [0.1, 0.15) is 44.6 Å². The maximum Gasteiger partial charge on any atom is 0.311 e. The fraction of sp³-hybridized carbons (Fsp3) is 0.588. The summed E-state index contributed by atoms with van der Waals surface area (Å²) in [5.41, 5.74) is 0.662. The monoisotopic (exact) mass is 320 g/mol. The number of aryl methyl sites for hydroxylation is 1. The molecule has 0 aromatic heterocycles. The van der Waals surface area contributed by atoms with Crippen molar-refractivity contribution in [2.24, 2.45) is 5.92 Å². The summed E-state index contributed by atoms with van der Waals surface area (Å²) in [6, 6.07) is 4.72. The van der Waals surface area contributed by atoms with E-state index in [9.17, 15) is 14.9 Å². The average molecular weight is 320 g/mol. The van der Waals surface area contributed by atoms with Gasteiger partial charge in [0.1, 0.15) is 0 Å². The van der Waals surface area contributed by atoms with Gasteiger partial charge in [-0.1, -0.05) is 25.3 Å². The summed E-state index contributed by atoms with van der Waals surface area (Å²) in [6.07, 6.45) is 5.27. The fourth-order valence-corrected chi connectivity index (χ4v) is 2.89. The van der Waals surface area contributed by atoms with Gasteiger partial charge >= 0.3 is 5.69 Å². The molecular weight excluding hydrogens is 296 g/mol. The van der Waals surface area contributed by atoms with Crippen molar-refractivity contribution in [1.82, 2.24) is 5.32 Å². The number of nitrogens with one attached hydrogen (secondary N) is 1. The topological polar surface area (TPSA) is 81.5 Å². The third-order valence-electron chi connectivity index (χ3n) is 4.27. The number of rotatable bonds is 6. The number of amides is 1. The molecule has 0 bridgehead atoms. The van der Waals surface area contributed by atoms with Gasteiger partial charge < -0.3 is 10.1 Å². The zero-order valence-corrected chi connectivity index (χ0v) is 13.7. The summed E-state index contributed by atoms with van der Waals surface area (Å²) >= 11 is 0. The van der Waals surface area contributed by atoms with Gasteiger partial charge in [0.2, 0.25) is 0 Å². The Labute approximate surface area is 136 Å². The van der Waals surface area contributed by atoms with E-state index in [1.54, 1.807) is 26.0 Å². The number of carbonyl (C=O) groups is 1. The number of nitro groups is 1. The minimum atomic E-state index is -0.764. The van der Waals surface area contributed by atoms with E-state index in [-0.39, 0.29) is 17.3 Å². The van der Waals surface area contributed by atoms with Crippen LogP contribution in [0.5, 0.6) is 5.75 Å². The van der Waals surface area contributed by atoms with Crippen LogP contribution in [0.15, 0.2) is 18.2 Å². The van der Waals surface area contributed by atoms with E-state index in [1.807, 2.05) is 0 Å². The Hall–Kier alpha value is -2.11. The van der Waals surface area contributed by atoms with Crippen molar-refractivity contribution in [2.75, 3.05) is 6.54 Å². The zero-order valence-electron chi connectivity index (χ0n) is 13.7. The summed E-state index contributed by atoms with van der Waals surface area (Å²) in [4.78, 5) is 22.7. The van der Waals surface area contributed by atoms with Crippen molar-refractivity contribution in [3.8, 4) is 5.75 Å². The van der Waals surface area contributed by atoms with E-state index in [0.29, 0.717) is 12.5 Å². The van der Waals surface area contributed by atoms with Crippen LogP contribution in [-0.4, -0.2) is 23.5 Å². The molecule has 2 rings (SSSR count). The number of benzene rings is 1. The molecule has 1 aromatic rings. The fourth-order valence-electron chi connectivity index (χ4n) is 2.89. The Morgan fingerprint density at radius 3 is 2.74 bits per heavy atom. The summed E-state index contributed by atoms with van der Waals surface area (Å²) in [5, 5.41) is 14.0. The van der Waals surface area contributed by atoms with Gasteiger partial charge in [0, 0.05) is 12.6 Å². The minimum absolute atomic E-state index is 0.114. The van der Waals surface area contributed by atoms with Crippen LogP contribution >= 0.6 is 0 Å². The molecule has 0 saturated heterocycles. The van der Waals surface area contributed by atoms with Crippen LogP contribution in [0.25, 0.3) is 0 Å². The third-order valence-corrected chi connectivity index (χ3v) is 4.27. The number of hydrogen-bond donors (Lipinski definition) is 1. The van der Waals surface area contributed by atoms with Gasteiger partial charge in [0.15, 0.2) is 11.9 Å². The second kappa shape index (κ2) is 7.94. The Morgan fingerprint density at radius 2 is 2.09 bits per heavy atom. The van der Waals surface area contributed by atoms with Crippen LogP contribution in [-0.2, 0) is 4.79 Å². The number of carbonyl (C=O) groups excluding carboxylic acids is 1. The molecule has 0 spiro atoms. The number of nitrogens with zero attached hydrogens (tertiary/aromatic N) is 1. The number of nitro benzene ring substituents is 1. The lowest BCUT2D eigenvalue weighted by atomic mass is 9.89. The Balaban J connectivity index is 1.91. The van der Waals surface area contributed by atoms with Gasteiger partial charge in [-0.3, -0.25) is 14.9 Å². The minimum Gasteiger partial charge on any atom is -0.474 e. The molecule has 0 unspecified atom stereocenters. The smallest absolute Gasteiger partial charge is 0.311 e. The molecule has 0 radical (unpaired) electrons. The summed E-state index contributed by atoms with van der Waals surface area (Å²) in [6.45, 7) is 4.04. The van der Waals surface area contributed by atoms with Crippen molar-refractivity contribution in [1.29, 1.82) is 0 Å². The van der Waals surface area contributed by atoms with E-state index in [1.165, 1.54) is 25.3 Å². The Morgan fingerprint density at radius 1 is 1.39 bits per heavy atom. The molecule has 1 atom stereocenters. The highest BCUT2D eigenvalue weighted by Crippen LogP contribution is 2.28. The number of ether oxygens (including phenoxy) is 1. The van der Waals surface area contributed by atoms with Crippen molar-refractivity contribution < 1.29 is 14.5 Å². The molecule has 1 N–H and O–H groups in total. The van der Waals surface area contributed by atoms with Crippen LogP contribution in [0, 0.1) is 23.0 Å². The molecule has 1 aliphatic carbocycles. The molecule has 23 heavy (non-hydrogen) atoms. The lowest BCUT2D eigenvalue weighted by Crippen LogP contribution is -2.39. The van der Waals surface area contributed by atoms with Crippen molar-refractivity contribution >= 4 is 11.6 Å². The predicted molar refractivity (Wildman–Crippen MR) is 87.5 cm³/mol. The van der Waals surface area contributed by atoms with Gasteiger partial charge in [-0.25, -0.2) is 0 Å². The summed E-state index contributed by atoms with van der Waals surface area (Å²) in [5.74, 6) is 0.431. The second-order valence-corrected chi connectivity index (χ2v) is 6.24. The van der Waals surface area contributed by atoms with Crippen LogP contribution in [0.3, 0.4) is 0 Å². The Bertz CT molecular complexity index is 568. The number of hydrogen-bond acceptors (Lipinski definition) is 4. The third kappa shape index (κ3) is 4.94. The highest BCUT2D eigenvalue weighted by Gasteiger charge is 2.22. The standard InChI is InChI=1S/C17H24N2O4/c1-12-8-9-16(15(10-12)19(21)22)23-13(2)17(20)18-11-14-6-4-3-5-7-14/h8-10,13-14H,3-7,11H2,1-2H3,(H,18,20)/t13-/m1/s1. The molecular formula is C17H24N2O4. The molecule has 6 heteroatoms. The maximum atomic E-state index is 12.1. The van der Waals surface area contributed by atoms with Gasteiger partial charge in [-0.15, -0.1) is 0 Å². The van der Waals surface area contributed by atoms with Crippen LogP contribution in [0.4, 0.5) is 5.69 Å².